The zero-order chi connectivity index (χ0) is 10.7. The maximum absolute atomic E-state index is 8.99. The minimum atomic E-state index is 0.0163. The van der Waals surface area contributed by atoms with E-state index in [-0.39, 0.29) is 6.04 Å². The van der Waals surface area contributed by atoms with Crippen LogP contribution in [0.3, 0.4) is 0 Å². The van der Waals surface area contributed by atoms with Gasteiger partial charge >= 0.3 is 0 Å². The van der Waals surface area contributed by atoms with Gasteiger partial charge in [-0.15, -0.1) is 10.2 Å². The number of hydrogen-bond acceptors (Lipinski definition) is 5. The molecule has 0 radical (unpaired) electrons. The summed E-state index contributed by atoms with van der Waals surface area (Å²) in [6.45, 7) is 1.59. The predicted molar refractivity (Wildman–Crippen MR) is 52.5 cm³/mol. The number of likely N-dealkylation sites (tertiary alicyclic amines) is 1. The second-order valence-electron chi connectivity index (χ2n) is 3.81. The summed E-state index contributed by atoms with van der Waals surface area (Å²) in [4.78, 5) is 3.57. The lowest BCUT2D eigenvalue weighted by atomic mass is 10.0. The fourth-order valence-electron chi connectivity index (χ4n) is 1.89. The molecule has 1 unspecified atom stereocenters. The van der Waals surface area contributed by atoms with E-state index in [9.17, 15) is 0 Å². The fraction of sp³-hybridized carbons (Fsp3) is 0.778. The van der Waals surface area contributed by atoms with E-state index in [1.54, 1.807) is 7.05 Å². The molecule has 1 aromatic rings. The summed E-state index contributed by atoms with van der Waals surface area (Å²) in [5.74, 6) is 0.694. The molecule has 0 aliphatic carbocycles. The highest BCUT2D eigenvalue weighted by atomic mass is 15.6. The molecule has 0 amide bonds. The number of rotatable bonds is 2. The quantitative estimate of drug-likeness (QED) is 0.685. The van der Waals surface area contributed by atoms with Gasteiger partial charge in [-0.25, -0.2) is 0 Å². The number of aromatic nitrogens is 4. The first-order valence-electron chi connectivity index (χ1n) is 5.16. The van der Waals surface area contributed by atoms with Crippen molar-refractivity contribution in [3.8, 4) is 6.07 Å². The van der Waals surface area contributed by atoms with E-state index in [1.165, 1.54) is 4.80 Å². The summed E-state index contributed by atoms with van der Waals surface area (Å²) < 4.78 is 0. The predicted octanol–water partition coefficient (Wildman–Crippen LogP) is 0.0882. The molecule has 2 rings (SSSR count). The lowest BCUT2D eigenvalue weighted by Crippen LogP contribution is -2.38. The minimum Gasteiger partial charge on any atom is -0.280 e. The Balaban J connectivity index is 2.01. The molecule has 0 saturated carbocycles. The third-order valence-electron chi connectivity index (χ3n) is 2.66. The Morgan fingerprint density at radius 2 is 2.40 bits per heavy atom. The number of hydrogen-bond donors (Lipinski definition) is 0. The van der Waals surface area contributed by atoms with Crippen molar-refractivity contribution in [2.75, 3.05) is 6.54 Å². The van der Waals surface area contributed by atoms with Crippen molar-refractivity contribution >= 4 is 0 Å². The minimum absolute atomic E-state index is 0.0163. The van der Waals surface area contributed by atoms with Crippen LogP contribution in [0.2, 0.25) is 0 Å². The molecule has 1 aromatic heterocycles. The summed E-state index contributed by atoms with van der Waals surface area (Å²) in [7, 11) is 1.74. The van der Waals surface area contributed by atoms with E-state index in [1.807, 2.05) is 0 Å². The van der Waals surface area contributed by atoms with Crippen molar-refractivity contribution in [3.05, 3.63) is 5.82 Å². The molecule has 80 valence electrons. The van der Waals surface area contributed by atoms with Crippen LogP contribution in [0.25, 0.3) is 0 Å². The summed E-state index contributed by atoms with van der Waals surface area (Å²) in [5.41, 5.74) is 0. The van der Waals surface area contributed by atoms with Gasteiger partial charge in [0.25, 0.3) is 0 Å². The molecule has 0 spiro atoms. The number of piperidine rings is 1. The van der Waals surface area contributed by atoms with Crippen LogP contribution >= 0.6 is 0 Å². The maximum atomic E-state index is 8.99. The van der Waals surface area contributed by atoms with Crippen molar-refractivity contribution in [3.63, 3.8) is 0 Å². The topological polar surface area (TPSA) is 70.6 Å². The molecule has 15 heavy (non-hydrogen) atoms. The Hall–Kier alpha value is -1.48. The van der Waals surface area contributed by atoms with E-state index < -0.39 is 0 Å². The van der Waals surface area contributed by atoms with Crippen LogP contribution in [0.4, 0.5) is 0 Å². The third kappa shape index (κ3) is 2.30. The summed E-state index contributed by atoms with van der Waals surface area (Å²) >= 11 is 0. The van der Waals surface area contributed by atoms with Gasteiger partial charge < -0.3 is 0 Å². The molecule has 1 aliphatic heterocycles. The smallest absolute Gasteiger partial charge is 0.188 e. The Bertz CT molecular complexity index is 365. The Morgan fingerprint density at radius 1 is 1.53 bits per heavy atom. The highest BCUT2D eigenvalue weighted by molar-refractivity contribution is 4.95. The zero-order valence-electron chi connectivity index (χ0n) is 8.80. The van der Waals surface area contributed by atoms with Crippen LogP contribution in [0.5, 0.6) is 0 Å². The average molecular weight is 206 g/mol. The number of tetrazole rings is 1. The van der Waals surface area contributed by atoms with Crippen molar-refractivity contribution in [1.82, 2.24) is 25.1 Å². The molecule has 2 heterocycles. The van der Waals surface area contributed by atoms with Crippen LogP contribution in [0.1, 0.15) is 25.1 Å². The SMILES string of the molecule is Cn1nnc(CN2CCCCC2C#N)n1. The molecule has 0 bridgehead atoms. The first kappa shape index (κ1) is 10.1. The lowest BCUT2D eigenvalue weighted by Gasteiger charge is -2.29. The Morgan fingerprint density at radius 3 is 3.07 bits per heavy atom. The largest absolute Gasteiger partial charge is 0.280 e. The van der Waals surface area contributed by atoms with Crippen LogP contribution < -0.4 is 0 Å². The summed E-state index contributed by atoms with van der Waals surface area (Å²) in [6.07, 6.45) is 3.25. The molecular formula is C9H14N6. The molecule has 1 atom stereocenters. The van der Waals surface area contributed by atoms with Crippen molar-refractivity contribution in [2.45, 2.75) is 31.8 Å². The molecule has 1 fully saturated rings. The van der Waals surface area contributed by atoms with E-state index in [0.717, 1.165) is 25.8 Å². The van der Waals surface area contributed by atoms with Gasteiger partial charge in [0, 0.05) is 0 Å². The highest BCUT2D eigenvalue weighted by Crippen LogP contribution is 2.17. The first-order chi connectivity index (χ1) is 7.29. The summed E-state index contributed by atoms with van der Waals surface area (Å²) in [5, 5.41) is 20.8. The fourth-order valence-corrected chi connectivity index (χ4v) is 1.89. The lowest BCUT2D eigenvalue weighted by molar-refractivity contribution is 0.172. The van der Waals surface area contributed by atoms with Crippen LogP contribution in [0.15, 0.2) is 0 Å². The van der Waals surface area contributed by atoms with Gasteiger partial charge in [0.15, 0.2) is 5.82 Å². The van der Waals surface area contributed by atoms with Gasteiger partial charge in [0.05, 0.1) is 25.7 Å². The molecule has 1 aliphatic rings. The van der Waals surface area contributed by atoms with Gasteiger partial charge in [-0.3, -0.25) is 4.90 Å². The number of nitriles is 1. The monoisotopic (exact) mass is 206 g/mol. The molecule has 0 N–H and O–H groups in total. The second kappa shape index (κ2) is 4.36. The van der Waals surface area contributed by atoms with Crippen LogP contribution in [-0.2, 0) is 13.6 Å². The molecular weight excluding hydrogens is 192 g/mol. The zero-order valence-corrected chi connectivity index (χ0v) is 8.80. The average Bonchev–Trinajstić information content (AvgIpc) is 2.65. The maximum Gasteiger partial charge on any atom is 0.188 e. The Labute approximate surface area is 88.5 Å². The van der Waals surface area contributed by atoms with Crippen LogP contribution in [0, 0.1) is 11.3 Å². The standard InChI is InChI=1S/C9H14N6/c1-14-12-9(11-13-14)7-15-5-3-2-4-8(15)6-10/h8H,2-5,7H2,1H3. The van der Waals surface area contributed by atoms with E-state index in [0.29, 0.717) is 12.4 Å². The van der Waals surface area contributed by atoms with Crippen molar-refractivity contribution in [2.24, 2.45) is 7.05 Å². The van der Waals surface area contributed by atoms with Gasteiger partial charge in [0.2, 0.25) is 0 Å². The first-order valence-corrected chi connectivity index (χ1v) is 5.16. The number of nitrogens with zero attached hydrogens (tertiary/aromatic N) is 6. The number of aryl methyl sites for hydroxylation is 1. The Kier molecular flexibility index (Phi) is 2.92. The van der Waals surface area contributed by atoms with Crippen LogP contribution in [-0.4, -0.2) is 37.7 Å². The van der Waals surface area contributed by atoms with Gasteiger partial charge in [-0.2, -0.15) is 10.1 Å². The molecule has 6 heteroatoms. The van der Waals surface area contributed by atoms with E-state index in [4.69, 9.17) is 5.26 Å². The third-order valence-corrected chi connectivity index (χ3v) is 2.66. The van der Waals surface area contributed by atoms with Gasteiger partial charge in [-0.1, -0.05) is 0 Å². The molecule has 6 nitrogen and oxygen atoms in total. The van der Waals surface area contributed by atoms with Gasteiger partial charge in [0.1, 0.15) is 0 Å². The second-order valence-corrected chi connectivity index (χ2v) is 3.81. The molecule has 0 aromatic carbocycles. The van der Waals surface area contributed by atoms with Crippen molar-refractivity contribution < 1.29 is 0 Å². The summed E-state index contributed by atoms with van der Waals surface area (Å²) in [6, 6.07) is 2.34. The molecule has 1 saturated heterocycles. The van der Waals surface area contributed by atoms with E-state index in [2.05, 4.69) is 26.4 Å². The normalized spacial score (nSPS) is 22.5. The van der Waals surface area contributed by atoms with E-state index >= 15 is 0 Å². The van der Waals surface area contributed by atoms with Gasteiger partial charge in [-0.05, 0) is 31.0 Å². The highest BCUT2D eigenvalue weighted by Gasteiger charge is 2.23. The van der Waals surface area contributed by atoms with Crippen molar-refractivity contribution in [1.29, 1.82) is 5.26 Å².